The van der Waals surface area contributed by atoms with Gasteiger partial charge in [-0.2, -0.15) is 0 Å². The van der Waals surface area contributed by atoms with E-state index in [4.69, 9.17) is 0 Å². The Morgan fingerprint density at radius 1 is 1.04 bits per heavy atom. The molecule has 2 aromatic carbocycles. The van der Waals surface area contributed by atoms with Crippen molar-refractivity contribution in [2.75, 3.05) is 16.9 Å². The highest BCUT2D eigenvalue weighted by Gasteiger charge is 2.09. The van der Waals surface area contributed by atoms with E-state index in [2.05, 4.69) is 10.6 Å². The Labute approximate surface area is 143 Å². The quantitative estimate of drug-likeness (QED) is 0.841. The third-order valence-corrected chi connectivity index (χ3v) is 4.05. The fourth-order valence-corrected chi connectivity index (χ4v) is 3.11. The van der Waals surface area contributed by atoms with Gasteiger partial charge in [-0.05, 0) is 49.7 Å². The molecule has 0 fully saturated rings. The van der Waals surface area contributed by atoms with E-state index < -0.39 is 9.84 Å². The van der Waals surface area contributed by atoms with Crippen molar-refractivity contribution >= 4 is 27.1 Å². The van der Waals surface area contributed by atoms with Gasteiger partial charge in [0.05, 0.1) is 5.75 Å². The predicted octanol–water partition coefficient (Wildman–Crippen LogP) is 3.30. The van der Waals surface area contributed by atoms with Gasteiger partial charge >= 0.3 is 0 Å². The molecular weight excluding hydrogens is 324 g/mol. The number of benzene rings is 2. The molecule has 0 saturated carbocycles. The highest BCUT2D eigenvalue weighted by Crippen LogP contribution is 2.16. The normalized spacial score (nSPS) is 11.3. The summed E-state index contributed by atoms with van der Waals surface area (Å²) in [4.78, 5) is 12.4. The molecule has 0 aliphatic carbocycles. The lowest BCUT2D eigenvalue weighted by molar-refractivity contribution is 0.102. The molecule has 0 radical (unpaired) electrons. The lowest BCUT2D eigenvalue weighted by Crippen LogP contribution is -2.14. The first-order valence-electron chi connectivity index (χ1n) is 7.67. The Morgan fingerprint density at radius 3 is 2.38 bits per heavy atom. The summed E-state index contributed by atoms with van der Waals surface area (Å²) in [5.74, 6) is -0.288. The first-order chi connectivity index (χ1) is 11.2. The number of amides is 1. The fourth-order valence-electron chi connectivity index (χ4n) is 2.33. The molecule has 0 heterocycles. The summed E-state index contributed by atoms with van der Waals surface area (Å²) < 4.78 is 22.8. The van der Waals surface area contributed by atoms with Crippen molar-refractivity contribution < 1.29 is 13.2 Å². The molecule has 0 aromatic heterocycles. The van der Waals surface area contributed by atoms with Gasteiger partial charge in [-0.3, -0.25) is 4.79 Å². The summed E-state index contributed by atoms with van der Waals surface area (Å²) in [6.45, 7) is 4.06. The van der Waals surface area contributed by atoms with Crippen LogP contribution in [0.15, 0.2) is 48.5 Å². The van der Waals surface area contributed by atoms with E-state index in [-0.39, 0.29) is 17.7 Å². The zero-order valence-electron chi connectivity index (χ0n) is 14.0. The third-order valence-electron chi connectivity index (χ3n) is 3.19. The van der Waals surface area contributed by atoms with Crippen LogP contribution in [0.2, 0.25) is 0 Å². The van der Waals surface area contributed by atoms with Crippen LogP contribution >= 0.6 is 0 Å². The average Bonchev–Trinajstić information content (AvgIpc) is 2.45. The van der Waals surface area contributed by atoms with E-state index in [1.807, 2.05) is 26.0 Å². The van der Waals surface area contributed by atoms with Crippen molar-refractivity contribution in [3.05, 3.63) is 59.7 Å². The van der Waals surface area contributed by atoms with Crippen LogP contribution in [0.25, 0.3) is 0 Å². The van der Waals surface area contributed by atoms with Gasteiger partial charge in [0.25, 0.3) is 5.91 Å². The zero-order valence-corrected chi connectivity index (χ0v) is 14.9. The molecule has 2 rings (SSSR count). The second-order valence-corrected chi connectivity index (χ2v) is 8.24. The first-order valence-corrected chi connectivity index (χ1v) is 9.73. The zero-order chi connectivity index (χ0) is 17.7. The van der Waals surface area contributed by atoms with Crippen LogP contribution in [0.3, 0.4) is 0 Å². The fraction of sp³-hybridized carbons (Fsp3) is 0.278. The van der Waals surface area contributed by atoms with E-state index in [1.165, 1.54) is 6.26 Å². The number of hydrogen-bond acceptors (Lipinski definition) is 4. The Hall–Kier alpha value is -2.34. The van der Waals surface area contributed by atoms with Crippen LogP contribution in [0.4, 0.5) is 11.4 Å². The molecule has 24 heavy (non-hydrogen) atoms. The van der Waals surface area contributed by atoms with Crippen molar-refractivity contribution in [1.29, 1.82) is 0 Å². The molecule has 0 spiro atoms. The van der Waals surface area contributed by atoms with Gasteiger partial charge < -0.3 is 10.6 Å². The predicted molar refractivity (Wildman–Crippen MR) is 98.1 cm³/mol. The maximum Gasteiger partial charge on any atom is 0.255 e. The second kappa shape index (κ2) is 7.49. The van der Waals surface area contributed by atoms with Crippen LogP contribution in [-0.2, 0) is 15.6 Å². The number of hydrogen-bond donors (Lipinski definition) is 2. The SMILES string of the molecule is CC(C)Nc1cccc(C(=O)Nc2cccc(CS(C)(=O)=O)c2)c1. The minimum absolute atomic E-state index is 0.0511. The van der Waals surface area contributed by atoms with Crippen molar-refractivity contribution in [1.82, 2.24) is 0 Å². The van der Waals surface area contributed by atoms with Gasteiger partial charge in [0, 0.05) is 29.2 Å². The van der Waals surface area contributed by atoms with Crippen molar-refractivity contribution in [2.45, 2.75) is 25.6 Å². The summed E-state index contributed by atoms with van der Waals surface area (Å²) in [6.07, 6.45) is 1.19. The molecule has 0 aliphatic heterocycles. The van der Waals surface area contributed by atoms with Crippen LogP contribution in [-0.4, -0.2) is 26.6 Å². The lowest BCUT2D eigenvalue weighted by Gasteiger charge is -2.12. The third kappa shape index (κ3) is 5.70. The number of carbonyl (C=O) groups is 1. The van der Waals surface area contributed by atoms with Gasteiger partial charge in [-0.25, -0.2) is 8.42 Å². The monoisotopic (exact) mass is 346 g/mol. The van der Waals surface area contributed by atoms with E-state index in [0.29, 0.717) is 16.8 Å². The molecule has 5 nitrogen and oxygen atoms in total. The Kier molecular flexibility index (Phi) is 5.62. The minimum atomic E-state index is -3.11. The Balaban J connectivity index is 2.13. The van der Waals surface area contributed by atoms with Gasteiger partial charge in [0.1, 0.15) is 0 Å². The molecule has 1 amide bonds. The highest BCUT2D eigenvalue weighted by atomic mass is 32.2. The number of carbonyl (C=O) groups excluding carboxylic acids is 1. The molecule has 0 unspecified atom stereocenters. The van der Waals surface area contributed by atoms with Gasteiger partial charge in [0.2, 0.25) is 0 Å². The average molecular weight is 346 g/mol. The number of anilines is 2. The number of sulfone groups is 1. The summed E-state index contributed by atoms with van der Waals surface area (Å²) in [6, 6.07) is 14.4. The maximum absolute atomic E-state index is 12.4. The summed E-state index contributed by atoms with van der Waals surface area (Å²) in [5, 5.41) is 6.06. The number of rotatable bonds is 6. The van der Waals surface area contributed by atoms with Crippen molar-refractivity contribution in [2.24, 2.45) is 0 Å². The molecule has 128 valence electrons. The van der Waals surface area contributed by atoms with Gasteiger partial charge in [-0.15, -0.1) is 0 Å². The first kappa shape index (κ1) is 18.0. The Morgan fingerprint density at radius 2 is 1.71 bits per heavy atom. The highest BCUT2D eigenvalue weighted by molar-refractivity contribution is 7.89. The molecular formula is C18H22N2O3S. The topological polar surface area (TPSA) is 75.3 Å². The van der Waals surface area contributed by atoms with Crippen molar-refractivity contribution in [3.63, 3.8) is 0 Å². The molecule has 2 aromatic rings. The molecule has 0 bridgehead atoms. The molecule has 2 N–H and O–H groups in total. The van der Waals surface area contributed by atoms with E-state index in [0.717, 1.165) is 5.69 Å². The minimum Gasteiger partial charge on any atom is -0.383 e. The smallest absolute Gasteiger partial charge is 0.255 e. The molecule has 0 saturated heterocycles. The number of nitrogens with one attached hydrogen (secondary N) is 2. The Bertz CT molecular complexity index is 830. The largest absolute Gasteiger partial charge is 0.383 e. The summed E-state index contributed by atoms with van der Waals surface area (Å²) in [5.41, 5.74) is 2.63. The lowest BCUT2D eigenvalue weighted by atomic mass is 10.1. The van der Waals surface area contributed by atoms with Gasteiger partial charge in [-0.1, -0.05) is 18.2 Å². The van der Waals surface area contributed by atoms with Crippen LogP contribution in [0, 0.1) is 0 Å². The van der Waals surface area contributed by atoms with Gasteiger partial charge in [0.15, 0.2) is 9.84 Å². The van der Waals surface area contributed by atoms with E-state index in [1.54, 1.807) is 36.4 Å². The summed E-state index contributed by atoms with van der Waals surface area (Å²) >= 11 is 0. The van der Waals surface area contributed by atoms with Crippen LogP contribution in [0.5, 0.6) is 0 Å². The molecule has 0 atom stereocenters. The van der Waals surface area contributed by atoms with E-state index >= 15 is 0 Å². The molecule has 6 heteroatoms. The van der Waals surface area contributed by atoms with Crippen LogP contribution < -0.4 is 10.6 Å². The van der Waals surface area contributed by atoms with Crippen molar-refractivity contribution in [3.8, 4) is 0 Å². The van der Waals surface area contributed by atoms with Crippen LogP contribution in [0.1, 0.15) is 29.8 Å². The second-order valence-electron chi connectivity index (χ2n) is 6.10. The van der Waals surface area contributed by atoms with E-state index in [9.17, 15) is 13.2 Å². The maximum atomic E-state index is 12.4. The standard InChI is InChI=1S/C18H22N2O3S/c1-13(2)19-17-9-5-7-15(11-17)18(21)20-16-8-4-6-14(10-16)12-24(3,22)23/h4-11,13,19H,12H2,1-3H3,(H,20,21). The molecule has 0 aliphatic rings. The summed E-state index contributed by atoms with van der Waals surface area (Å²) in [7, 11) is -3.11.